The van der Waals surface area contributed by atoms with Gasteiger partial charge in [-0.25, -0.2) is 9.37 Å². The zero-order valence-corrected chi connectivity index (χ0v) is 15.5. The van der Waals surface area contributed by atoms with Crippen LogP contribution in [0.4, 0.5) is 4.39 Å². The molecule has 150 valence electrons. The van der Waals surface area contributed by atoms with Crippen LogP contribution in [0.1, 0.15) is 22.5 Å². The van der Waals surface area contributed by atoms with Gasteiger partial charge in [-0.05, 0) is 42.7 Å². The molecule has 0 saturated carbocycles. The number of fused-ring (bicyclic) bond motifs is 1. The number of aliphatic carboxylic acids is 1. The van der Waals surface area contributed by atoms with E-state index < -0.39 is 23.3 Å². The van der Waals surface area contributed by atoms with E-state index in [1.54, 1.807) is 22.9 Å². The number of imidazole rings is 1. The number of pyridine rings is 1. The molecule has 1 amide bonds. The van der Waals surface area contributed by atoms with E-state index >= 15 is 0 Å². The molecule has 0 radical (unpaired) electrons. The van der Waals surface area contributed by atoms with Gasteiger partial charge in [-0.3, -0.25) is 9.59 Å². The number of halogens is 1. The summed E-state index contributed by atoms with van der Waals surface area (Å²) in [5.41, 5.74) is -0.169. The number of piperidine rings is 1. The second-order valence-electron chi connectivity index (χ2n) is 7.39. The van der Waals surface area contributed by atoms with Gasteiger partial charge in [0.1, 0.15) is 22.6 Å². The summed E-state index contributed by atoms with van der Waals surface area (Å²) in [5.74, 6) is -2.00. The van der Waals surface area contributed by atoms with E-state index in [4.69, 9.17) is 0 Å². The predicted octanol–water partition coefficient (Wildman–Crippen LogP) is 1.99. The van der Waals surface area contributed by atoms with E-state index in [1.807, 2.05) is 12.1 Å². The third kappa shape index (κ3) is 3.47. The number of carboxylic acids is 1. The van der Waals surface area contributed by atoms with Crippen molar-refractivity contribution >= 4 is 17.5 Å². The minimum absolute atomic E-state index is 0.0152. The number of likely N-dealkylation sites (tertiary alicyclic amines) is 1. The lowest BCUT2D eigenvalue weighted by atomic mass is 9.72. The SMILES string of the molecule is O=C(c1cn2ccccc2n1)N1CC[C@H](O)[C@](Cc2ccc(F)cc2)(C(=O)O)C1. The summed E-state index contributed by atoms with van der Waals surface area (Å²) >= 11 is 0. The molecule has 0 unspecified atom stereocenters. The number of carbonyl (C=O) groups excluding carboxylic acids is 1. The van der Waals surface area contributed by atoms with Crippen molar-refractivity contribution in [1.29, 1.82) is 0 Å². The molecule has 7 nitrogen and oxygen atoms in total. The summed E-state index contributed by atoms with van der Waals surface area (Å²) in [6.07, 6.45) is 2.36. The topological polar surface area (TPSA) is 95.1 Å². The molecule has 2 aromatic heterocycles. The summed E-state index contributed by atoms with van der Waals surface area (Å²) in [4.78, 5) is 31.0. The zero-order valence-electron chi connectivity index (χ0n) is 15.5. The van der Waals surface area contributed by atoms with Crippen LogP contribution in [0.3, 0.4) is 0 Å². The first kappa shape index (κ1) is 19.1. The number of amides is 1. The van der Waals surface area contributed by atoms with Crippen molar-refractivity contribution in [1.82, 2.24) is 14.3 Å². The molecule has 1 aliphatic rings. The van der Waals surface area contributed by atoms with Crippen molar-refractivity contribution in [2.24, 2.45) is 5.41 Å². The summed E-state index contributed by atoms with van der Waals surface area (Å²) in [6.45, 7) is 0.0693. The highest BCUT2D eigenvalue weighted by Crippen LogP contribution is 2.35. The van der Waals surface area contributed by atoms with Crippen LogP contribution in [0, 0.1) is 11.2 Å². The number of nitrogens with zero attached hydrogens (tertiary/aromatic N) is 3. The quantitative estimate of drug-likeness (QED) is 0.702. The summed E-state index contributed by atoms with van der Waals surface area (Å²) in [6, 6.07) is 10.9. The van der Waals surface area contributed by atoms with E-state index in [2.05, 4.69) is 4.98 Å². The number of aliphatic hydroxyl groups is 1. The second kappa shape index (κ2) is 7.29. The first-order valence-electron chi connectivity index (χ1n) is 9.28. The first-order valence-corrected chi connectivity index (χ1v) is 9.28. The van der Waals surface area contributed by atoms with Gasteiger partial charge >= 0.3 is 5.97 Å². The van der Waals surface area contributed by atoms with Gasteiger partial charge in [-0.15, -0.1) is 0 Å². The molecule has 1 saturated heterocycles. The summed E-state index contributed by atoms with van der Waals surface area (Å²) in [7, 11) is 0. The van der Waals surface area contributed by atoms with Crippen LogP contribution >= 0.6 is 0 Å². The molecule has 0 spiro atoms. The molecule has 8 heteroatoms. The number of rotatable bonds is 4. The number of aromatic nitrogens is 2. The Morgan fingerprint density at radius 2 is 1.97 bits per heavy atom. The Labute approximate surface area is 166 Å². The predicted molar refractivity (Wildman–Crippen MR) is 102 cm³/mol. The standard InChI is InChI=1S/C21H20FN3O4/c22-15-6-4-14(5-7-15)11-21(20(28)29)13-25(10-8-17(21)26)19(27)16-12-24-9-2-1-3-18(24)23-16/h1-7,9,12,17,26H,8,10-11,13H2,(H,28,29)/t17-,21+/m0/s1. The molecule has 4 rings (SSSR count). The molecule has 3 aromatic rings. The molecular weight excluding hydrogens is 377 g/mol. The van der Waals surface area contributed by atoms with Crippen LogP contribution in [0.15, 0.2) is 54.9 Å². The van der Waals surface area contributed by atoms with Crippen LogP contribution in [0.2, 0.25) is 0 Å². The van der Waals surface area contributed by atoms with Crippen molar-refractivity contribution in [3.05, 3.63) is 71.9 Å². The maximum Gasteiger partial charge on any atom is 0.314 e. The van der Waals surface area contributed by atoms with Crippen molar-refractivity contribution in [3.8, 4) is 0 Å². The molecule has 1 fully saturated rings. The molecular formula is C21H20FN3O4. The maximum atomic E-state index is 13.2. The Morgan fingerprint density at radius 1 is 1.21 bits per heavy atom. The molecule has 29 heavy (non-hydrogen) atoms. The number of carbonyl (C=O) groups is 2. The van der Waals surface area contributed by atoms with Gasteiger partial charge < -0.3 is 19.5 Å². The number of hydrogen-bond donors (Lipinski definition) is 2. The van der Waals surface area contributed by atoms with Crippen molar-refractivity contribution in [2.45, 2.75) is 18.9 Å². The lowest BCUT2D eigenvalue weighted by Crippen LogP contribution is -2.58. The molecule has 1 aromatic carbocycles. The van der Waals surface area contributed by atoms with Crippen LogP contribution < -0.4 is 0 Å². The Balaban J connectivity index is 1.63. The first-order chi connectivity index (χ1) is 13.9. The van der Waals surface area contributed by atoms with E-state index in [-0.39, 0.29) is 37.5 Å². The average Bonchev–Trinajstić information content (AvgIpc) is 3.15. The normalized spacial score (nSPS) is 22.0. The lowest BCUT2D eigenvalue weighted by molar-refractivity contribution is -0.161. The van der Waals surface area contributed by atoms with Crippen molar-refractivity contribution in [3.63, 3.8) is 0 Å². The van der Waals surface area contributed by atoms with Crippen LogP contribution in [-0.4, -0.2) is 55.6 Å². The molecule has 0 bridgehead atoms. The minimum atomic E-state index is -1.58. The molecule has 0 aliphatic carbocycles. The Hall–Kier alpha value is -3.26. The monoisotopic (exact) mass is 397 g/mol. The average molecular weight is 397 g/mol. The van der Waals surface area contributed by atoms with Crippen LogP contribution in [0.25, 0.3) is 5.65 Å². The second-order valence-corrected chi connectivity index (χ2v) is 7.39. The van der Waals surface area contributed by atoms with Gasteiger partial charge in [-0.1, -0.05) is 18.2 Å². The maximum absolute atomic E-state index is 13.2. The highest BCUT2D eigenvalue weighted by molar-refractivity contribution is 5.93. The highest BCUT2D eigenvalue weighted by atomic mass is 19.1. The fourth-order valence-electron chi connectivity index (χ4n) is 3.88. The number of benzene rings is 1. The van der Waals surface area contributed by atoms with Gasteiger partial charge in [0.05, 0.1) is 6.10 Å². The number of aliphatic hydroxyl groups excluding tert-OH is 1. The third-order valence-corrected chi connectivity index (χ3v) is 5.51. The van der Waals surface area contributed by atoms with Crippen LogP contribution in [-0.2, 0) is 11.2 Å². The molecule has 3 heterocycles. The fourth-order valence-corrected chi connectivity index (χ4v) is 3.88. The van der Waals surface area contributed by atoms with Gasteiger partial charge in [0.15, 0.2) is 0 Å². The molecule has 1 aliphatic heterocycles. The van der Waals surface area contributed by atoms with E-state index in [1.165, 1.54) is 29.2 Å². The van der Waals surface area contributed by atoms with Crippen molar-refractivity contribution < 1.29 is 24.2 Å². The summed E-state index contributed by atoms with van der Waals surface area (Å²) in [5, 5.41) is 20.5. The lowest BCUT2D eigenvalue weighted by Gasteiger charge is -2.43. The smallest absolute Gasteiger partial charge is 0.314 e. The van der Waals surface area contributed by atoms with Crippen LogP contribution in [0.5, 0.6) is 0 Å². The van der Waals surface area contributed by atoms with Gasteiger partial charge in [0.25, 0.3) is 5.91 Å². The Morgan fingerprint density at radius 3 is 2.66 bits per heavy atom. The molecule has 2 atom stereocenters. The minimum Gasteiger partial charge on any atom is -0.481 e. The van der Waals surface area contributed by atoms with E-state index in [0.717, 1.165) is 0 Å². The Kier molecular flexibility index (Phi) is 4.79. The van der Waals surface area contributed by atoms with Gasteiger partial charge in [0.2, 0.25) is 0 Å². The number of carboxylic acid groups (broad SMARTS) is 1. The summed E-state index contributed by atoms with van der Waals surface area (Å²) < 4.78 is 14.9. The largest absolute Gasteiger partial charge is 0.481 e. The van der Waals surface area contributed by atoms with E-state index in [0.29, 0.717) is 11.2 Å². The fraction of sp³-hybridized carbons (Fsp3) is 0.286. The van der Waals surface area contributed by atoms with Gasteiger partial charge in [0, 0.05) is 25.5 Å². The van der Waals surface area contributed by atoms with E-state index in [9.17, 15) is 24.2 Å². The third-order valence-electron chi connectivity index (χ3n) is 5.51. The number of hydrogen-bond acceptors (Lipinski definition) is 4. The zero-order chi connectivity index (χ0) is 20.6. The van der Waals surface area contributed by atoms with Gasteiger partial charge in [-0.2, -0.15) is 0 Å². The van der Waals surface area contributed by atoms with Crippen molar-refractivity contribution in [2.75, 3.05) is 13.1 Å². The molecule has 2 N–H and O–H groups in total. The highest BCUT2D eigenvalue weighted by Gasteiger charge is 2.50. The Bertz CT molecular complexity index is 1030.